The molecule has 2 amide bonds. The fourth-order valence-corrected chi connectivity index (χ4v) is 5.19. The number of benzene rings is 3. The van der Waals surface area contributed by atoms with Gasteiger partial charge in [-0.15, -0.1) is 5.10 Å². The van der Waals surface area contributed by atoms with Crippen LogP contribution in [0.5, 0.6) is 17.2 Å². The Balaban J connectivity index is 1.63. The highest BCUT2D eigenvalue weighted by Gasteiger charge is 2.35. The average molecular weight is 544 g/mol. The zero-order valence-electron chi connectivity index (χ0n) is 22.9. The zero-order chi connectivity index (χ0) is 28.1. The van der Waals surface area contributed by atoms with Gasteiger partial charge in [0.15, 0.2) is 0 Å². The molecule has 5 rings (SSSR count). The van der Waals surface area contributed by atoms with E-state index in [9.17, 15) is 9.59 Å². The van der Waals surface area contributed by atoms with Crippen LogP contribution in [0, 0.1) is 0 Å². The van der Waals surface area contributed by atoms with Gasteiger partial charge >= 0.3 is 0 Å². The minimum Gasteiger partial charge on any atom is -0.497 e. The molecule has 40 heavy (non-hydrogen) atoms. The number of hydrogen-bond acceptors (Lipinski definition) is 7. The molecule has 0 spiro atoms. The Kier molecular flexibility index (Phi) is 8.14. The Labute approximate surface area is 232 Å². The number of carbonyl (C=O) groups excluding carboxylic acids is 2. The molecular formula is C30H33N5O5. The summed E-state index contributed by atoms with van der Waals surface area (Å²) in [5, 5.41) is 11.6. The Morgan fingerprint density at radius 2 is 1.62 bits per heavy atom. The summed E-state index contributed by atoms with van der Waals surface area (Å²) in [5.41, 5.74) is 2.45. The van der Waals surface area contributed by atoms with E-state index < -0.39 is 6.04 Å². The summed E-state index contributed by atoms with van der Waals surface area (Å²) in [5.74, 6) is 0.931. The van der Waals surface area contributed by atoms with E-state index in [0.29, 0.717) is 34.0 Å². The number of ether oxygens (including phenoxy) is 3. The first-order chi connectivity index (χ1) is 19.5. The van der Waals surface area contributed by atoms with Crippen LogP contribution >= 0.6 is 0 Å². The van der Waals surface area contributed by atoms with Gasteiger partial charge < -0.3 is 19.5 Å². The summed E-state index contributed by atoms with van der Waals surface area (Å²) in [7, 11) is 4.66. The minimum absolute atomic E-state index is 0.0454. The summed E-state index contributed by atoms with van der Waals surface area (Å²) < 4.78 is 18.1. The van der Waals surface area contributed by atoms with Gasteiger partial charge in [-0.25, -0.2) is 4.68 Å². The van der Waals surface area contributed by atoms with Crippen molar-refractivity contribution in [2.24, 2.45) is 0 Å². The van der Waals surface area contributed by atoms with E-state index >= 15 is 0 Å². The SMILES string of the molecule is COc1cc(OC)cc([C@@H](C(=O)NC2CCCC2)N(C(=O)Cn2nnc3ccccc32)c2cccc(OC)c2)c1. The van der Waals surface area contributed by atoms with Crippen LogP contribution in [0.3, 0.4) is 0 Å². The second-order valence-corrected chi connectivity index (χ2v) is 9.74. The van der Waals surface area contributed by atoms with Crippen molar-refractivity contribution in [1.29, 1.82) is 0 Å². The first-order valence-corrected chi connectivity index (χ1v) is 13.3. The lowest BCUT2D eigenvalue weighted by Crippen LogP contribution is -2.47. The van der Waals surface area contributed by atoms with E-state index in [-0.39, 0.29) is 24.4 Å². The quantitative estimate of drug-likeness (QED) is 0.318. The van der Waals surface area contributed by atoms with E-state index in [4.69, 9.17) is 14.2 Å². The lowest BCUT2D eigenvalue weighted by Gasteiger charge is -2.33. The maximum atomic E-state index is 14.3. The molecule has 1 heterocycles. The smallest absolute Gasteiger partial charge is 0.249 e. The molecule has 0 unspecified atom stereocenters. The number of aromatic nitrogens is 3. The van der Waals surface area contributed by atoms with Gasteiger partial charge in [-0.05, 0) is 54.8 Å². The molecular weight excluding hydrogens is 510 g/mol. The molecule has 1 N–H and O–H groups in total. The summed E-state index contributed by atoms with van der Waals surface area (Å²) in [6, 6.07) is 18.8. The van der Waals surface area contributed by atoms with E-state index in [1.807, 2.05) is 24.3 Å². The highest BCUT2D eigenvalue weighted by molar-refractivity contribution is 6.02. The number of hydrogen-bond donors (Lipinski definition) is 1. The van der Waals surface area contributed by atoms with Gasteiger partial charge in [0.1, 0.15) is 35.4 Å². The number of anilines is 1. The monoisotopic (exact) mass is 543 g/mol. The van der Waals surface area contributed by atoms with Crippen molar-refractivity contribution in [3.8, 4) is 17.2 Å². The van der Waals surface area contributed by atoms with E-state index in [1.165, 1.54) is 4.90 Å². The Morgan fingerprint density at radius 1 is 0.925 bits per heavy atom. The van der Waals surface area contributed by atoms with Crippen LogP contribution < -0.4 is 24.4 Å². The lowest BCUT2D eigenvalue weighted by molar-refractivity contribution is -0.127. The van der Waals surface area contributed by atoms with Gasteiger partial charge in [-0.1, -0.05) is 36.3 Å². The third-order valence-electron chi connectivity index (χ3n) is 7.20. The number of para-hydroxylation sites is 1. The van der Waals surface area contributed by atoms with Gasteiger partial charge in [-0.3, -0.25) is 14.5 Å². The topological polar surface area (TPSA) is 108 Å². The number of carbonyl (C=O) groups is 2. The molecule has 0 radical (unpaired) electrons. The number of methoxy groups -OCH3 is 3. The molecule has 1 fully saturated rings. The fourth-order valence-electron chi connectivity index (χ4n) is 5.19. The molecule has 1 atom stereocenters. The van der Waals surface area contributed by atoms with E-state index in [2.05, 4.69) is 15.6 Å². The minimum atomic E-state index is -1.03. The van der Waals surface area contributed by atoms with Crippen molar-refractivity contribution in [3.63, 3.8) is 0 Å². The van der Waals surface area contributed by atoms with Gasteiger partial charge in [0.05, 0.1) is 26.8 Å². The maximum Gasteiger partial charge on any atom is 0.249 e. The van der Waals surface area contributed by atoms with Gasteiger partial charge in [0, 0.05) is 23.9 Å². The molecule has 1 aromatic heterocycles. The average Bonchev–Trinajstić information content (AvgIpc) is 3.65. The first kappa shape index (κ1) is 27.0. The van der Waals surface area contributed by atoms with Crippen molar-refractivity contribution in [2.75, 3.05) is 26.2 Å². The fraction of sp³-hybridized carbons (Fsp3) is 0.333. The number of nitrogens with one attached hydrogen (secondary N) is 1. The number of fused-ring (bicyclic) bond motifs is 1. The zero-order valence-corrected chi connectivity index (χ0v) is 22.9. The van der Waals surface area contributed by atoms with Crippen LogP contribution in [-0.4, -0.2) is 54.2 Å². The molecule has 10 nitrogen and oxygen atoms in total. The number of rotatable bonds is 10. The molecule has 1 aliphatic rings. The molecule has 0 bridgehead atoms. The summed E-state index contributed by atoms with van der Waals surface area (Å²) in [6.07, 6.45) is 3.91. The Bertz CT molecular complexity index is 1470. The first-order valence-electron chi connectivity index (χ1n) is 13.3. The van der Waals surface area contributed by atoms with Crippen LogP contribution in [0.2, 0.25) is 0 Å². The third-order valence-corrected chi connectivity index (χ3v) is 7.20. The number of amides is 2. The van der Waals surface area contributed by atoms with Crippen LogP contribution in [0.25, 0.3) is 11.0 Å². The normalized spacial score (nSPS) is 14.1. The standard InChI is InChI=1S/C30H33N5O5/c1-38-23-12-8-11-22(17-23)35(28(36)19-34-27-14-7-6-13-26(27)32-33-34)29(30(37)31-21-9-4-5-10-21)20-15-24(39-2)18-25(16-20)40-3/h6-8,11-18,21,29H,4-5,9-10,19H2,1-3H3,(H,31,37)/t29-/m0/s1. The van der Waals surface area contributed by atoms with Crippen molar-refractivity contribution in [1.82, 2.24) is 20.3 Å². The molecule has 1 saturated carbocycles. The molecule has 4 aromatic rings. The van der Waals surface area contributed by atoms with Gasteiger partial charge in [-0.2, -0.15) is 0 Å². The number of nitrogens with zero attached hydrogens (tertiary/aromatic N) is 4. The van der Waals surface area contributed by atoms with Crippen molar-refractivity contribution in [2.45, 2.75) is 44.3 Å². The molecule has 10 heteroatoms. The summed E-state index contributed by atoms with van der Waals surface area (Å²) in [4.78, 5) is 29.9. The van der Waals surface area contributed by atoms with Gasteiger partial charge in [0.2, 0.25) is 11.8 Å². The summed E-state index contributed by atoms with van der Waals surface area (Å²) >= 11 is 0. The van der Waals surface area contributed by atoms with E-state index in [0.717, 1.165) is 31.2 Å². The molecule has 3 aromatic carbocycles. The van der Waals surface area contributed by atoms with E-state index in [1.54, 1.807) is 68.5 Å². The van der Waals surface area contributed by atoms with Crippen LogP contribution in [0.15, 0.2) is 66.7 Å². The Morgan fingerprint density at radius 3 is 2.33 bits per heavy atom. The molecule has 0 saturated heterocycles. The molecule has 1 aliphatic carbocycles. The predicted octanol–water partition coefficient (Wildman–Crippen LogP) is 4.29. The third kappa shape index (κ3) is 5.70. The van der Waals surface area contributed by atoms with Crippen LogP contribution in [-0.2, 0) is 16.1 Å². The largest absolute Gasteiger partial charge is 0.497 e. The maximum absolute atomic E-state index is 14.3. The molecule has 0 aliphatic heterocycles. The highest BCUT2D eigenvalue weighted by Crippen LogP contribution is 2.35. The van der Waals surface area contributed by atoms with Crippen molar-refractivity contribution < 1.29 is 23.8 Å². The lowest BCUT2D eigenvalue weighted by atomic mass is 10.0. The van der Waals surface area contributed by atoms with Crippen LogP contribution in [0.1, 0.15) is 37.3 Å². The van der Waals surface area contributed by atoms with Crippen LogP contribution in [0.4, 0.5) is 5.69 Å². The summed E-state index contributed by atoms with van der Waals surface area (Å²) in [6.45, 7) is -0.133. The highest BCUT2D eigenvalue weighted by atomic mass is 16.5. The Hall–Kier alpha value is -4.60. The van der Waals surface area contributed by atoms with Gasteiger partial charge in [0.25, 0.3) is 0 Å². The predicted molar refractivity (Wildman–Crippen MR) is 151 cm³/mol. The van der Waals surface area contributed by atoms with Crippen molar-refractivity contribution >= 4 is 28.5 Å². The van der Waals surface area contributed by atoms with Crippen molar-refractivity contribution in [3.05, 3.63) is 72.3 Å². The second-order valence-electron chi connectivity index (χ2n) is 9.74. The molecule has 208 valence electrons. The second kappa shape index (κ2) is 12.1.